The second kappa shape index (κ2) is 6.08. The third-order valence-corrected chi connectivity index (χ3v) is 4.73. The molecule has 2 aromatic carbocycles. The molecule has 8 heteroatoms. The smallest absolute Gasteiger partial charge is 0.264 e. The van der Waals surface area contributed by atoms with Gasteiger partial charge in [0.1, 0.15) is 15.7 Å². The van der Waals surface area contributed by atoms with Gasteiger partial charge in [-0.25, -0.2) is 12.8 Å². The van der Waals surface area contributed by atoms with Gasteiger partial charge in [-0.15, -0.1) is 0 Å². The second-order valence-corrected chi connectivity index (χ2v) is 7.13. The lowest BCUT2D eigenvalue weighted by Gasteiger charge is -2.10. The van der Waals surface area contributed by atoms with Crippen LogP contribution in [0, 0.1) is 5.82 Å². The molecule has 0 heterocycles. The second-order valence-electron chi connectivity index (χ2n) is 4.13. The van der Waals surface area contributed by atoms with Gasteiger partial charge in [0.2, 0.25) is 0 Å². The minimum absolute atomic E-state index is 0.144. The summed E-state index contributed by atoms with van der Waals surface area (Å²) in [6.45, 7) is 0. The van der Waals surface area contributed by atoms with Crippen LogP contribution in [0.4, 0.5) is 10.1 Å². The zero-order chi connectivity index (χ0) is 15.6. The zero-order valence-corrected chi connectivity index (χ0v) is 13.7. The Morgan fingerprint density at radius 1 is 1.24 bits per heavy atom. The number of nitrogens with two attached hydrogens (primary N) is 1. The van der Waals surface area contributed by atoms with E-state index in [1.807, 2.05) is 0 Å². The van der Waals surface area contributed by atoms with Crippen LogP contribution in [0.3, 0.4) is 0 Å². The number of hydrogen-bond acceptors (Lipinski definition) is 3. The van der Waals surface area contributed by atoms with E-state index in [0.717, 1.165) is 6.07 Å². The first kappa shape index (κ1) is 15.9. The van der Waals surface area contributed by atoms with Crippen molar-refractivity contribution in [3.8, 4) is 0 Å². The molecule has 0 aromatic heterocycles. The number of nitrogens with one attached hydrogen (secondary N) is 1. The predicted octanol–water partition coefficient (Wildman–Crippen LogP) is 3.02. The molecule has 0 atom stereocenters. The van der Waals surface area contributed by atoms with E-state index in [1.165, 1.54) is 24.3 Å². The van der Waals surface area contributed by atoms with E-state index in [1.54, 1.807) is 12.1 Å². The van der Waals surface area contributed by atoms with E-state index in [-0.39, 0.29) is 10.7 Å². The minimum atomic E-state index is -4.03. The minimum Gasteiger partial charge on any atom is -0.389 e. The molecule has 0 saturated carbocycles. The highest BCUT2D eigenvalue weighted by Crippen LogP contribution is 2.22. The van der Waals surface area contributed by atoms with Gasteiger partial charge in [0, 0.05) is 15.7 Å². The molecule has 0 radical (unpaired) electrons. The van der Waals surface area contributed by atoms with Gasteiger partial charge in [-0.05, 0) is 30.3 Å². The maximum absolute atomic E-state index is 13.8. The molecule has 0 fully saturated rings. The van der Waals surface area contributed by atoms with Crippen LogP contribution in [-0.4, -0.2) is 13.4 Å². The molecular weight excluding hydrogens is 379 g/mol. The largest absolute Gasteiger partial charge is 0.389 e. The van der Waals surface area contributed by atoms with Crippen LogP contribution >= 0.6 is 28.1 Å². The monoisotopic (exact) mass is 388 g/mol. The van der Waals surface area contributed by atoms with Gasteiger partial charge in [0.15, 0.2) is 0 Å². The number of halogens is 2. The number of sulfonamides is 1. The van der Waals surface area contributed by atoms with Crippen molar-refractivity contribution in [2.24, 2.45) is 5.73 Å². The van der Waals surface area contributed by atoms with Crippen LogP contribution in [0.1, 0.15) is 5.56 Å². The molecule has 0 aliphatic heterocycles. The van der Waals surface area contributed by atoms with Gasteiger partial charge >= 0.3 is 0 Å². The summed E-state index contributed by atoms with van der Waals surface area (Å²) < 4.78 is 40.9. The third kappa shape index (κ3) is 3.78. The van der Waals surface area contributed by atoms with Crippen molar-refractivity contribution in [1.82, 2.24) is 0 Å². The van der Waals surface area contributed by atoms with Crippen molar-refractivity contribution < 1.29 is 12.8 Å². The summed E-state index contributed by atoms with van der Waals surface area (Å²) >= 11 is 7.90. The zero-order valence-electron chi connectivity index (χ0n) is 10.5. The number of benzene rings is 2. The van der Waals surface area contributed by atoms with E-state index in [2.05, 4.69) is 20.7 Å². The van der Waals surface area contributed by atoms with Gasteiger partial charge in [0.05, 0.1) is 0 Å². The van der Waals surface area contributed by atoms with E-state index in [9.17, 15) is 12.8 Å². The van der Waals surface area contributed by atoms with Crippen molar-refractivity contribution in [2.45, 2.75) is 4.90 Å². The van der Waals surface area contributed by atoms with Gasteiger partial charge in [-0.3, -0.25) is 4.72 Å². The molecule has 110 valence electrons. The standard InChI is InChI=1S/C13H10BrFN2O2S2/c14-9-4-5-12(11(15)7-9)21(18,19)17-10-3-1-2-8(6-10)13(16)20/h1-7,17H,(H2,16,20). The average molecular weight is 389 g/mol. The van der Waals surface area contributed by atoms with Crippen LogP contribution in [-0.2, 0) is 10.0 Å². The number of anilines is 1. The van der Waals surface area contributed by atoms with E-state index < -0.39 is 20.7 Å². The first-order chi connectivity index (χ1) is 9.79. The maximum atomic E-state index is 13.8. The fourth-order valence-electron chi connectivity index (χ4n) is 1.64. The molecule has 0 saturated heterocycles. The average Bonchev–Trinajstić information content (AvgIpc) is 2.37. The molecule has 0 amide bonds. The first-order valence-corrected chi connectivity index (χ1v) is 8.36. The molecule has 0 aliphatic rings. The van der Waals surface area contributed by atoms with Crippen molar-refractivity contribution in [2.75, 3.05) is 4.72 Å². The number of rotatable bonds is 4. The summed E-state index contributed by atoms with van der Waals surface area (Å²) in [4.78, 5) is -0.294. The Labute approximate surface area is 135 Å². The van der Waals surface area contributed by atoms with Crippen molar-refractivity contribution in [3.05, 3.63) is 58.3 Å². The van der Waals surface area contributed by atoms with Crippen LogP contribution < -0.4 is 10.5 Å². The quantitative estimate of drug-likeness (QED) is 0.789. The van der Waals surface area contributed by atoms with E-state index in [4.69, 9.17) is 18.0 Å². The Bertz CT molecular complexity index is 810. The van der Waals surface area contributed by atoms with E-state index >= 15 is 0 Å². The molecule has 3 N–H and O–H groups in total. The highest BCUT2D eigenvalue weighted by Gasteiger charge is 2.19. The summed E-state index contributed by atoms with van der Waals surface area (Å²) in [6.07, 6.45) is 0. The topological polar surface area (TPSA) is 72.2 Å². The molecule has 21 heavy (non-hydrogen) atoms. The lowest BCUT2D eigenvalue weighted by molar-refractivity contribution is 0.570. The Morgan fingerprint density at radius 2 is 1.95 bits per heavy atom. The number of hydrogen-bond donors (Lipinski definition) is 2. The summed E-state index contributed by atoms with van der Waals surface area (Å²) in [5.41, 5.74) is 6.25. The van der Waals surface area contributed by atoms with Crippen molar-refractivity contribution in [3.63, 3.8) is 0 Å². The SMILES string of the molecule is NC(=S)c1cccc(NS(=O)(=O)c2ccc(Br)cc2F)c1. The molecular formula is C13H10BrFN2O2S2. The van der Waals surface area contributed by atoms with E-state index in [0.29, 0.717) is 10.0 Å². The Morgan fingerprint density at radius 3 is 2.57 bits per heavy atom. The maximum Gasteiger partial charge on any atom is 0.264 e. The molecule has 0 aliphatic carbocycles. The predicted molar refractivity (Wildman–Crippen MR) is 87.2 cm³/mol. The first-order valence-electron chi connectivity index (χ1n) is 5.67. The summed E-state index contributed by atoms with van der Waals surface area (Å²) in [5.74, 6) is -0.845. The lowest BCUT2D eigenvalue weighted by Crippen LogP contribution is -2.15. The fourth-order valence-corrected chi connectivity index (χ4v) is 3.21. The van der Waals surface area contributed by atoms with Crippen LogP contribution in [0.15, 0.2) is 51.8 Å². The highest BCUT2D eigenvalue weighted by atomic mass is 79.9. The molecule has 4 nitrogen and oxygen atoms in total. The van der Waals surface area contributed by atoms with Crippen LogP contribution in [0.5, 0.6) is 0 Å². The molecule has 0 spiro atoms. The Hall–Kier alpha value is -1.51. The number of thiocarbonyl (C=S) groups is 1. The van der Waals surface area contributed by atoms with Crippen LogP contribution in [0.2, 0.25) is 0 Å². The summed E-state index contributed by atoms with van der Waals surface area (Å²) in [6, 6.07) is 9.97. The molecule has 2 aromatic rings. The third-order valence-electron chi connectivity index (χ3n) is 2.58. The highest BCUT2D eigenvalue weighted by molar-refractivity contribution is 9.10. The van der Waals surface area contributed by atoms with Gasteiger partial charge < -0.3 is 5.73 Å². The summed E-state index contributed by atoms with van der Waals surface area (Å²) in [5, 5.41) is 0. The van der Waals surface area contributed by atoms with Crippen LogP contribution in [0.25, 0.3) is 0 Å². The normalized spacial score (nSPS) is 11.1. The molecule has 2 rings (SSSR count). The van der Waals surface area contributed by atoms with Crippen molar-refractivity contribution >= 4 is 48.8 Å². The Balaban J connectivity index is 2.37. The fraction of sp³-hybridized carbons (Fsp3) is 0. The van der Waals surface area contributed by atoms with Gasteiger partial charge in [-0.1, -0.05) is 40.3 Å². The Kier molecular flexibility index (Phi) is 4.60. The molecule has 0 bridgehead atoms. The molecule has 0 unspecified atom stereocenters. The van der Waals surface area contributed by atoms with Gasteiger partial charge in [0.25, 0.3) is 10.0 Å². The van der Waals surface area contributed by atoms with Crippen molar-refractivity contribution in [1.29, 1.82) is 0 Å². The summed E-state index contributed by atoms with van der Waals surface area (Å²) in [7, 11) is -4.03. The van der Waals surface area contributed by atoms with Gasteiger partial charge in [-0.2, -0.15) is 0 Å². The lowest BCUT2D eigenvalue weighted by atomic mass is 10.2.